The molecular weight excluding hydrogens is 222 g/mol. The third kappa shape index (κ3) is 3.23. The molecule has 0 spiro atoms. The van der Waals surface area contributed by atoms with Gasteiger partial charge in [-0.25, -0.2) is 0 Å². The molecule has 0 aliphatic heterocycles. The fourth-order valence-corrected chi connectivity index (χ4v) is 1.95. The van der Waals surface area contributed by atoms with Crippen molar-refractivity contribution in [3.05, 3.63) is 59.5 Å². The summed E-state index contributed by atoms with van der Waals surface area (Å²) in [4.78, 5) is 0. The lowest BCUT2D eigenvalue weighted by Gasteiger charge is -2.14. The largest absolute Gasteiger partial charge is 0.468 e. The highest BCUT2D eigenvalue weighted by Crippen LogP contribution is 2.18. The summed E-state index contributed by atoms with van der Waals surface area (Å²) in [7, 11) is 0. The zero-order valence-electron chi connectivity index (χ0n) is 11.3. The number of benzene rings is 1. The normalized spacial score (nSPS) is 12.9. The second-order valence-electron chi connectivity index (χ2n) is 5.00. The molecule has 1 N–H and O–H groups in total. The maximum absolute atomic E-state index is 5.31. The van der Waals surface area contributed by atoms with Crippen LogP contribution >= 0.6 is 0 Å². The van der Waals surface area contributed by atoms with Gasteiger partial charge in [0.1, 0.15) is 5.76 Å². The summed E-state index contributed by atoms with van der Waals surface area (Å²) in [6, 6.07) is 13.1. The summed E-state index contributed by atoms with van der Waals surface area (Å²) in [5.41, 5.74) is 2.70. The van der Waals surface area contributed by atoms with E-state index in [-0.39, 0.29) is 0 Å². The smallest absolute Gasteiger partial charge is 0.117 e. The van der Waals surface area contributed by atoms with Gasteiger partial charge in [-0.05, 0) is 36.1 Å². The highest BCUT2D eigenvalue weighted by atomic mass is 16.3. The molecule has 0 radical (unpaired) electrons. The van der Waals surface area contributed by atoms with Gasteiger partial charge in [0.05, 0.1) is 12.8 Å². The number of nitrogens with one attached hydrogen (secondary N) is 1. The van der Waals surface area contributed by atoms with Gasteiger partial charge < -0.3 is 9.73 Å². The lowest BCUT2D eigenvalue weighted by Crippen LogP contribution is -2.17. The van der Waals surface area contributed by atoms with Crippen LogP contribution in [-0.4, -0.2) is 0 Å². The molecular formula is C16H21NO. The molecule has 96 valence electrons. The third-order valence-electron chi connectivity index (χ3n) is 3.27. The van der Waals surface area contributed by atoms with Crippen molar-refractivity contribution in [3.63, 3.8) is 0 Å². The van der Waals surface area contributed by atoms with Gasteiger partial charge in [-0.15, -0.1) is 0 Å². The molecule has 0 aliphatic rings. The van der Waals surface area contributed by atoms with Crippen molar-refractivity contribution >= 4 is 0 Å². The first-order valence-electron chi connectivity index (χ1n) is 6.52. The zero-order valence-corrected chi connectivity index (χ0v) is 11.3. The fraction of sp³-hybridized carbons (Fsp3) is 0.375. The first kappa shape index (κ1) is 12.9. The van der Waals surface area contributed by atoms with Gasteiger partial charge in [0.25, 0.3) is 0 Å². The molecule has 0 fully saturated rings. The van der Waals surface area contributed by atoms with Crippen LogP contribution in [0.15, 0.2) is 47.1 Å². The highest BCUT2D eigenvalue weighted by Gasteiger charge is 2.06. The molecule has 1 heterocycles. The number of furan rings is 1. The van der Waals surface area contributed by atoms with Crippen molar-refractivity contribution < 1.29 is 4.42 Å². The summed E-state index contributed by atoms with van der Waals surface area (Å²) < 4.78 is 5.31. The molecule has 0 saturated carbocycles. The highest BCUT2D eigenvalue weighted by molar-refractivity contribution is 5.26. The average Bonchev–Trinajstić information content (AvgIpc) is 2.89. The van der Waals surface area contributed by atoms with E-state index in [1.807, 2.05) is 12.1 Å². The lowest BCUT2D eigenvalue weighted by atomic mass is 9.99. The Kier molecular flexibility index (Phi) is 4.21. The summed E-state index contributed by atoms with van der Waals surface area (Å²) >= 11 is 0. The molecule has 0 saturated heterocycles. The predicted octanol–water partition coefficient (Wildman–Crippen LogP) is 4.25. The summed E-state index contributed by atoms with van der Waals surface area (Å²) in [5.74, 6) is 1.56. The van der Waals surface area contributed by atoms with Gasteiger partial charge in [-0.3, -0.25) is 0 Å². The van der Waals surface area contributed by atoms with E-state index in [2.05, 4.69) is 50.4 Å². The Labute approximate surface area is 109 Å². The molecule has 1 atom stereocenters. The van der Waals surface area contributed by atoms with E-state index in [1.165, 1.54) is 11.1 Å². The Morgan fingerprint density at radius 1 is 1.00 bits per heavy atom. The van der Waals surface area contributed by atoms with Crippen LogP contribution in [0.4, 0.5) is 0 Å². The van der Waals surface area contributed by atoms with E-state index in [1.54, 1.807) is 6.26 Å². The van der Waals surface area contributed by atoms with Crippen molar-refractivity contribution in [1.29, 1.82) is 0 Å². The van der Waals surface area contributed by atoms with Crippen LogP contribution in [0.1, 0.15) is 49.6 Å². The molecule has 2 aromatic rings. The number of rotatable bonds is 5. The van der Waals surface area contributed by atoms with E-state index in [0.29, 0.717) is 12.0 Å². The standard InChI is InChI=1S/C16H21NO/c1-12(2)14-6-8-15(9-7-14)13(3)17-11-16-5-4-10-18-16/h4-10,12-13,17H,11H2,1-3H3. The average molecular weight is 243 g/mol. The molecule has 0 aliphatic carbocycles. The summed E-state index contributed by atoms with van der Waals surface area (Å²) in [5, 5.41) is 3.46. The predicted molar refractivity (Wildman–Crippen MR) is 74.5 cm³/mol. The Morgan fingerprint density at radius 2 is 1.67 bits per heavy atom. The second-order valence-corrected chi connectivity index (χ2v) is 5.00. The minimum Gasteiger partial charge on any atom is -0.468 e. The van der Waals surface area contributed by atoms with Crippen LogP contribution in [0.25, 0.3) is 0 Å². The minimum atomic E-state index is 0.330. The lowest BCUT2D eigenvalue weighted by molar-refractivity contribution is 0.460. The first-order valence-corrected chi connectivity index (χ1v) is 6.52. The van der Waals surface area contributed by atoms with Gasteiger partial charge in [-0.1, -0.05) is 38.1 Å². The quantitative estimate of drug-likeness (QED) is 0.849. The molecule has 0 bridgehead atoms. The molecule has 1 aromatic carbocycles. The Balaban J connectivity index is 1.94. The van der Waals surface area contributed by atoms with Crippen molar-refractivity contribution in [3.8, 4) is 0 Å². The molecule has 2 rings (SSSR count). The zero-order chi connectivity index (χ0) is 13.0. The molecule has 0 amide bonds. The van der Waals surface area contributed by atoms with E-state index < -0.39 is 0 Å². The van der Waals surface area contributed by atoms with E-state index in [4.69, 9.17) is 4.42 Å². The van der Waals surface area contributed by atoms with Gasteiger partial charge in [0.15, 0.2) is 0 Å². The monoisotopic (exact) mass is 243 g/mol. The van der Waals surface area contributed by atoms with Crippen LogP contribution in [0.2, 0.25) is 0 Å². The first-order chi connectivity index (χ1) is 8.66. The van der Waals surface area contributed by atoms with Crippen molar-refractivity contribution in [2.75, 3.05) is 0 Å². The van der Waals surface area contributed by atoms with E-state index >= 15 is 0 Å². The van der Waals surface area contributed by atoms with Crippen LogP contribution in [0, 0.1) is 0 Å². The molecule has 1 aromatic heterocycles. The van der Waals surface area contributed by atoms with Gasteiger partial charge in [0.2, 0.25) is 0 Å². The molecule has 2 nitrogen and oxygen atoms in total. The van der Waals surface area contributed by atoms with Gasteiger partial charge in [0, 0.05) is 6.04 Å². The molecule has 1 unspecified atom stereocenters. The Hall–Kier alpha value is -1.54. The van der Waals surface area contributed by atoms with E-state index in [9.17, 15) is 0 Å². The number of hydrogen-bond acceptors (Lipinski definition) is 2. The summed E-state index contributed by atoms with van der Waals surface area (Å²) in [6.45, 7) is 7.37. The van der Waals surface area contributed by atoms with Crippen molar-refractivity contribution in [2.24, 2.45) is 0 Å². The molecule has 18 heavy (non-hydrogen) atoms. The van der Waals surface area contributed by atoms with Crippen LogP contribution < -0.4 is 5.32 Å². The molecule has 2 heteroatoms. The Morgan fingerprint density at radius 3 is 2.22 bits per heavy atom. The minimum absolute atomic E-state index is 0.330. The maximum atomic E-state index is 5.31. The topological polar surface area (TPSA) is 25.2 Å². The van der Waals surface area contributed by atoms with Gasteiger partial charge >= 0.3 is 0 Å². The Bertz CT molecular complexity index is 456. The third-order valence-corrected chi connectivity index (χ3v) is 3.27. The van der Waals surface area contributed by atoms with E-state index in [0.717, 1.165) is 12.3 Å². The van der Waals surface area contributed by atoms with Crippen molar-refractivity contribution in [2.45, 2.75) is 39.3 Å². The second kappa shape index (κ2) is 5.87. The van der Waals surface area contributed by atoms with Crippen molar-refractivity contribution in [1.82, 2.24) is 5.32 Å². The SMILES string of the molecule is CC(C)c1ccc(C(C)NCc2ccco2)cc1. The van der Waals surface area contributed by atoms with Gasteiger partial charge in [-0.2, -0.15) is 0 Å². The van der Waals surface area contributed by atoms with Crippen LogP contribution in [-0.2, 0) is 6.54 Å². The maximum Gasteiger partial charge on any atom is 0.117 e. The van der Waals surface area contributed by atoms with Crippen LogP contribution in [0.5, 0.6) is 0 Å². The summed E-state index contributed by atoms with van der Waals surface area (Å²) in [6.07, 6.45) is 1.71. The van der Waals surface area contributed by atoms with Crippen LogP contribution in [0.3, 0.4) is 0 Å². The number of hydrogen-bond donors (Lipinski definition) is 1. The fourth-order valence-electron chi connectivity index (χ4n) is 1.95.